The van der Waals surface area contributed by atoms with Gasteiger partial charge >= 0.3 is 29.6 Å². The molecule has 2 rings (SSSR count). The van der Waals surface area contributed by atoms with Crippen LogP contribution in [0.15, 0.2) is 55.1 Å². The number of carboxylic acid groups (broad SMARTS) is 1. The van der Waals surface area contributed by atoms with Gasteiger partial charge in [-0.05, 0) is 48.7 Å². The number of carbonyl (C=O) groups excluding carboxylic acids is 2. The van der Waals surface area contributed by atoms with E-state index in [4.69, 9.17) is 9.47 Å². The number of ether oxygens (including phenoxy) is 2. The number of hydrogen-bond donors (Lipinski definition) is 1. The van der Waals surface area contributed by atoms with E-state index < -0.39 is 5.97 Å². The van der Waals surface area contributed by atoms with E-state index in [1.165, 1.54) is 13.0 Å². The van der Waals surface area contributed by atoms with Gasteiger partial charge in [0, 0.05) is 6.42 Å². The number of rotatable bonds is 11. The summed E-state index contributed by atoms with van der Waals surface area (Å²) < 4.78 is 11.3. The van der Waals surface area contributed by atoms with Crippen LogP contribution in [0.2, 0.25) is 0 Å². The predicted molar refractivity (Wildman–Crippen MR) is 108 cm³/mol. The van der Waals surface area contributed by atoms with Crippen LogP contribution in [0.5, 0.6) is 17.2 Å². The molecule has 6 nitrogen and oxygen atoms in total. The van der Waals surface area contributed by atoms with Gasteiger partial charge in [-0.15, -0.1) is 6.58 Å². The number of carboxylic acids is 1. The van der Waals surface area contributed by atoms with Crippen molar-refractivity contribution in [3.8, 4) is 17.2 Å². The molecule has 0 saturated carbocycles. The predicted octanol–water partition coefficient (Wildman–Crippen LogP) is -0.0617. The first-order valence-electron chi connectivity index (χ1n) is 9.13. The SMILES string of the molecule is C=CCc1ccc(OCCCOc2ccc(C=CC(=O)[O-])cc2)c(C(C)=O)c1O.[Na+]. The van der Waals surface area contributed by atoms with Gasteiger partial charge < -0.3 is 24.5 Å². The molecule has 1 N–H and O–H groups in total. The average molecular weight is 418 g/mol. The van der Waals surface area contributed by atoms with E-state index in [1.54, 1.807) is 42.5 Å². The third-order valence-corrected chi connectivity index (χ3v) is 4.05. The van der Waals surface area contributed by atoms with Crippen LogP contribution < -0.4 is 44.1 Å². The Hall–Kier alpha value is -2.54. The van der Waals surface area contributed by atoms with Crippen LogP contribution in [0.25, 0.3) is 6.08 Å². The van der Waals surface area contributed by atoms with Crippen molar-refractivity contribution >= 4 is 17.8 Å². The number of hydrogen-bond acceptors (Lipinski definition) is 6. The fourth-order valence-electron chi connectivity index (χ4n) is 2.67. The molecule has 2 aromatic carbocycles. The number of carbonyl (C=O) groups is 2. The van der Waals surface area contributed by atoms with Gasteiger partial charge in [-0.2, -0.15) is 0 Å². The van der Waals surface area contributed by atoms with Crippen molar-refractivity contribution in [2.75, 3.05) is 13.2 Å². The standard InChI is InChI=1S/C23H24O6.Na/c1-3-5-18-9-12-20(22(16(2)24)23(18)27)29-15-4-14-28-19-10-6-17(7-11-19)8-13-21(25)26;/h3,6-13,27H,1,4-5,14-15H2,2H3,(H,25,26);/q;+1/p-1. The molecule has 2 aromatic rings. The second-order valence-electron chi connectivity index (χ2n) is 6.27. The van der Waals surface area contributed by atoms with Crippen molar-refractivity contribution in [1.82, 2.24) is 0 Å². The van der Waals surface area contributed by atoms with E-state index in [1.807, 2.05) is 0 Å². The van der Waals surface area contributed by atoms with Gasteiger partial charge in [0.1, 0.15) is 22.8 Å². The molecule has 0 unspecified atom stereocenters. The van der Waals surface area contributed by atoms with Gasteiger partial charge in [0.15, 0.2) is 5.78 Å². The van der Waals surface area contributed by atoms with Crippen LogP contribution in [-0.4, -0.2) is 30.1 Å². The molecular weight excluding hydrogens is 395 g/mol. The molecule has 0 atom stereocenters. The average Bonchev–Trinajstić information content (AvgIpc) is 2.68. The first kappa shape index (κ1) is 25.5. The Bertz CT molecular complexity index is 903. The number of aliphatic carboxylic acids is 1. The smallest absolute Gasteiger partial charge is 0.545 e. The minimum Gasteiger partial charge on any atom is -0.545 e. The van der Waals surface area contributed by atoms with Gasteiger partial charge in [0.05, 0.1) is 19.2 Å². The number of aromatic hydroxyl groups is 1. The zero-order chi connectivity index (χ0) is 21.2. The van der Waals surface area contributed by atoms with E-state index >= 15 is 0 Å². The van der Waals surface area contributed by atoms with Crippen molar-refractivity contribution in [2.45, 2.75) is 19.8 Å². The molecule has 0 spiro atoms. The summed E-state index contributed by atoms with van der Waals surface area (Å²) in [5.41, 5.74) is 1.52. The molecule has 0 fully saturated rings. The molecular formula is C23H23NaO6. The molecule has 0 aliphatic rings. The molecule has 0 amide bonds. The Morgan fingerprint density at radius 1 is 1.10 bits per heavy atom. The van der Waals surface area contributed by atoms with E-state index in [9.17, 15) is 19.8 Å². The van der Waals surface area contributed by atoms with Crippen LogP contribution in [0.4, 0.5) is 0 Å². The van der Waals surface area contributed by atoms with Gasteiger partial charge in [-0.25, -0.2) is 0 Å². The monoisotopic (exact) mass is 418 g/mol. The number of ketones is 1. The molecule has 152 valence electrons. The minimum absolute atomic E-state index is 0. The maximum Gasteiger partial charge on any atom is 1.00 e. The van der Waals surface area contributed by atoms with Gasteiger partial charge in [-0.3, -0.25) is 4.79 Å². The summed E-state index contributed by atoms with van der Waals surface area (Å²) >= 11 is 0. The third-order valence-electron chi connectivity index (χ3n) is 4.05. The van der Waals surface area contributed by atoms with E-state index in [0.717, 1.165) is 11.6 Å². The first-order valence-corrected chi connectivity index (χ1v) is 9.13. The van der Waals surface area contributed by atoms with Crippen LogP contribution in [0.3, 0.4) is 0 Å². The van der Waals surface area contributed by atoms with Gasteiger partial charge in [-0.1, -0.05) is 30.4 Å². The Balaban J connectivity index is 0.00000450. The fraction of sp³-hybridized carbons (Fsp3) is 0.217. The Morgan fingerprint density at radius 3 is 2.37 bits per heavy atom. The number of benzene rings is 2. The molecule has 0 aliphatic carbocycles. The van der Waals surface area contributed by atoms with Crippen molar-refractivity contribution < 1.29 is 58.8 Å². The summed E-state index contributed by atoms with van der Waals surface area (Å²) in [4.78, 5) is 22.3. The number of phenolic OH excluding ortho intramolecular Hbond substituents is 1. The number of Topliss-reactive ketones (excluding diaryl/α,β-unsaturated/α-hetero) is 1. The number of phenols is 1. The van der Waals surface area contributed by atoms with Crippen LogP contribution >= 0.6 is 0 Å². The van der Waals surface area contributed by atoms with Crippen molar-refractivity contribution in [2.24, 2.45) is 0 Å². The molecule has 0 aromatic heterocycles. The zero-order valence-corrected chi connectivity index (χ0v) is 19.2. The summed E-state index contributed by atoms with van der Waals surface area (Å²) in [7, 11) is 0. The van der Waals surface area contributed by atoms with E-state index in [-0.39, 0.29) is 46.7 Å². The largest absolute Gasteiger partial charge is 1.00 e. The summed E-state index contributed by atoms with van der Waals surface area (Å²) in [5, 5.41) is 20.7. The Kier molecular flexibility index (Phi) is 11.0. The van der Waals surface area contributed by atoms with Crippen molar-refractivity contribution in [3.63, 3.8) is 0 Å². The fourth-order valence-corrected chi connectivity index (χ4v) is 2.67. The normalized spacial score (nSPS) is 10.3. The van der Waals surface area contributed by atoms with E-state index in [0.29, 0.717) is 43.1 Å². The maximum atomic E-state index is 11.9. The van der Waals surface area contributed by atoms with Crippen molar-refractivity contribution in [1.29, 1.82) is 0 Å². The van der Waals surface area contributed by atoms with Crippen LogP contribution in [0, 0.1) is 0 Å². The summed E-state index contributed by atoms with van der Waals surface area (Å²) in [6.07, 6.45) is 5.09. The topological polar surface area (TPSA) is 95.9 Å². The molecule has 0 heterocycles. The molecule has 7 heteroatoms. The Morgan fingerprint density at radius 2 is 1.77 bits per heavy atom. The van der Waals surface area contributed by atoms with Crippen LogP contribution in [-0.2, 0) is 11.2 Å². The summed E-state index contributed by atoms with van der Waals surface area (Å²) in [6.45, 7) is 5.73. The third kappa shape index (κ3) is 7.71. The molecule has 30 heavy (non-hydrogen) atoms. The van der Waals surface area contributed by atoms with Gasteiger partial charge in [0.25, 0.3) is 0 Å². The van der Waals surface area contributed by atoms with Crippen LogP contribution in [0.1, 0.15) is 34.8 Å². The second kappa shape index (κ2) is 12.9. The first-order chi connectivity index (χ1) is 13.9. The quantitative estimate of drug-likeness (QED) is 0.181. The summed E-state index contributed by atoms with van der Waals surface area (Å²) in [6, 6.07) is 10.3. The molecule has 0 aliphatic heterocycles. The van der Waals surface area contributed by atoms with Crippen molar-refractivity contribution in [3.05, 3.63) is 71.8 Å². The minimum atomic E-state index is -1.25. The molecule has 0 bridgehead atoms. The number of allylic oxidation sites excluding steroid dienone is 1. The molecule has 0 saturated heterocycles. The summed E-state index contributed by atoms with van der Waals surface area (Å²) in [5.74, 6) is -0.605. The molecule has 0 radical (unpaired) electrons. The zero-order valence-electron chi connectivity index (χ0n) is 17.2. The van der Waals surface area contributed by atoms with E-state index in [2.05, 4.69) is 6.58 Å². The maximum absolute atomic E-state index is 11.9. The van der Waals surface area contributed by atoms with Gasteiger partial charge in [0.2, 0.25) is 0 Å². The Labute approximate surface area is 198 Å². The second-order valence-corrected chi connectivity index (χ2v) is 6.27.